The topological polar surface area (TPSA) is 66.6 Å². The molecule has 1 heterocycles. The third kappa shape index (κ3) is 3.58. The van der Waals surface area contributed by atoms with Crippen LogP contribution < -0.4 is 10.6 Å². The molecular weight excluding hydrogens is 326 g/mol. The largest absolute Gasteiger partial charge is 0.369 e. The van der Waals surface area contributed by atoms with Crippen LogP contribution in [0.1, 0.15) is 26.7 Å². The van der Waals surface area contributed by atoms with Crippen molar-refractivity contribution in [3.63, 3.8) is 0 Å². The molecule has 2 atom stereocenters. The van der Waals surface area contributed by atoms with Gasteiger partial charge in [0.2, 0.25) is 11.8 Å². The molecule has 0 bridgehead atoms. The summed E-state index contributed by atoms with van der Waals surface area (Å²) < 4.78 is 0. The molecule has 2 amide bonds. The molecule has 1 fully saturated rings. The Balaban J connectivity index is 1.85. The van der Waals surface area contributed by atoms with E-state index in [0.717, 1.165) is 35.8 Å². The molecular formula is C21H27N3O2. The lowest BCUT2D eigenvalue weighted by atomic mass is 9.96. The number of hydrogen-bond donors (Lipinski definition) is 1. The van der Waals surface area contributed by atoms with Gasteiger partial charge in [0.25, 0.3) is 0 Å². The third-order valence-electron chi connectivity index (χ3n) is 5.40. The van der Waals surface area contributed by atoms with Crippen LogP contribution in [-0.4, -0.2) is 42.4 Å². The number of benzene rings is 2. The van der Waals surface area contributed by atoms with Crippen molar-refractivity contribution < 1.29 is 9.59 Å². The molecule has 1 aliphatic heterocycles. The van der Waals surface area contributed by atoms with E-state index in [1.54, 1.807) is 0 Å². The Hall–Kier alpha value is -2.40. The number of nitrogens with two attached hydrogens (primary N) is 1. The summed E-state index contributed by atoms with van der Waals surface area (Å²) in [7, 11) is 0. The number of piperidine rings is 1. The fourth-order valence-corrected chi connectivity index (χ4v) is 3.86. The first-order valence-electron chi connectivity index (χ1n) is 9.35. The molecule has 1 aliphatic rings. The molecule has 2 aromatic carbocycles. The van der Waals surface area contributed by atoms with E-state index in [-0.39, 0.29) is 23.8 Å². The Kier molecular flexibility index (Phi) is 5.57. The summed E-state index contributed by atoms with van der Waals surface area (Å²) in [4.78, 5) is 28.8. The number of likely N-dealkylation sites (N-methyl/N-ethyl adjacent to an activating group) is 1. The third-order valence-corrected chi connectivity index (χ3v) is 5.40. The number of nitrogens with zero attached hydrogens (tertiary/aromatic N) is 2. The monoisotopic (exact) mass is 353 g/mol. The fraction of sp³-hybridized carbons (Fsp3) is 0.429. The second-order valence-corrected chi connectivity index (χ2v) is 6.99. The molecule has 3 rings (SSSR count). The summed E-state index contributed by atoms with van der Waals surface area (Å²) in [5.74, 6) is -0.364. The van der Waals surface area contributed by atoms with Crippen molar-refractivity contribution in [2.45, 2.75) is 32.7 Å². The van der Waals surface area contributed by atoms with Crippen molar-refractivity contribution in [2.75, 3.05) is 24.5 Å². The van der Waals surface area contributed by atoms with Crippen LogP contribution in [0.3, 0.4) is 0 Å². The van der Waals surface area contributed by atoms with Gasteiger partial charge in [0.05, 0.1) is 17.6 Å². The van der Waals surface area contributed by atoms with Crippen LogP contribution in [0.25, 0.3) is 10.8 Å². The molecule has 138 valence electrons. The first-order chi connectivity index (χ1) is 12.5. The number of carbonyl (C=O) groups excluding carboxylic acids is 2. The molecule has 26 heavy (non-hydrogen) atoms. The van der Waals surface area contributed by atoms with Crippen LogP contribution >= 0.6 is 0 Å². The minimum atomic E-state index is -0.281. The maximum Gasteiger partial charge on any atom is 0.244 e. The van der Waals surface area contributed by atoms with Gasteiger partial charge in [-0.1, -0.05) is 36.4 Å². The fourth-order valence-electron chi connectivity index (χ4n) is 3.86. The SMILES string of the molecule is CCN(C(=O)[C@@H](C)N1CCC[C@H](C(N)=O)C1)c1cccc2ccccc12. The van der Waals surface area contributed by atoms with E-state index in [0.29, 0.717) is 13.1 Å². The highest BCUT2D eigenvalue weighted by molar-refractivity contribution is 6.05. The number of carbonyl (C=O) groups is 2. The molecule has 2 aromatic rings. The lowest BCUT2D eigenvalue weighted by Gasteiger charge is -2.37. The molecule has 0 aromatic heterocycles. The first-order valence-corrected chi connectivity index (χ1v) is 9.35. The van der Waals surface area contributed by atoms with Gasteiger partial charge in [0, 0.05) is 18.5 Å². The Morgan fingerprint density at radius 1 is 1.23 bits per heavy atom. The number of fused-ring (bicyclic) bond motifs is 1. The van der Waals surface area contributed by atoms with Gasteiger partial charge >= 0.3 is 0 Å². The smallest absolute Gasteiger partial charge is 0.244 e. The number of hydrogen-bond acceptors (Lipinski definition) is 3. The van der Waals surface area contributed by atoms with Crippen molar-refractivity contribution in [1.82, 2.24) is 4.90 Å². The molecule has 5 heteroatoms. The highest BCUT2D eigenvalue weighted by Gasteiger charge is 2.32. The Morgan fingerprint density at radius 3 is 2.69 bits per heavy atom. The maximum atomic E-state index is 13.3. The molecule has 0 unspecified atom stereocenters. The van der Waals surface area contributed by atoms with E-state index in [1.165, 1.54) is 0 Å². The van der Waals surface area contributed by atoms with E-state index in [2.05, 4.69) is 23.1 Å². The molecule has 0 saturated carbocycles. The average Bonchev–Trinajstić information content (AvgIpc) is 2.68. The van der Waals surface area contributed by atoms with Crippen LogP contribution in [-0.2, 0) is 9.59 Å². The van der Waals surface area contributed by atoms with Crippen LogP contribution in [0.5, 0.6) is 0 Å². The van der Waals surface area contributed by atoms with Gasteiger partial charge in [-0.15, -0.1) is 0 Å². The number of likely N-dealkylation sites (tertiary alicyclic amines) is 1. The summed E-state index contributed by atoms with van der Waals surface area (Å²) in [6.07, 6.45) is 1.71. The summed E-state index contributed by atoms with van der Waals surface area (Å²) >= 11 is 0. The first kappa shape index (κ1) is 18.4. The van der Waals surface area contributed by atoms with Crippen molar-refractivity contribution in [2.24, 2.45) is 11.7 Å². The van der Waals surface area contributed by atoms with Crippen molar-refractivity contribution in [1.29, 1.82) is 0 Å². The maximum absolute atomic E-state index is 13.3. The van der Waals surface area contributed by atoms with E-state index < -0.39 is 0 Å². The second kappa shape index (κ2) is 7.87. The van der Waals surface area contributed by atoms with Gasteiger partial charge < -0.3 is 10.6 Å². The highest BCUT2D eigenvalue weighted by atomic mass is 16.2. The lowest BCUT2D eigenvalue weighted by molar-refractivity contribution is -0.128. The molecule has 2 N–H and O–H groups in total. The van der Waals surface area contributed by atoms with E-state index in [9.17, 15) is 9.59 Å². The Labute approximate surface area is 154 Å². The van der Waals surface area contributed by atoms with Gasteiger partial charge in [-0.25, -0.2) is 0 Å². The van der Waals surface area contributed by atoms with Gasteiger partial charge in [-0.2, -0.15) is 0 Å². The zero-order valence-electron chi connectivity index (χ0n) is 15.5. The molecule has 1 saturated heterocycles. The van der Waals surface area contributed by atoms with Crippen LogP contribution in [0.4, 0.5) is 5.69 Å². The zero-order valence-corrected chi connectivity index (χ0v) is 15.5. The van der Waals surface area contributed by atoms with E-state index in [1.807, 2.05) is 43.0 Å². The summed E-state index contributed by atoms with van der Waals surface area (Å²) in [6, 6.07) is 13.9. The van der Waals surface area contributed by atoms with Crippen LogP contribution in [0.15, 0.2) is 42.5 Å². The van der Waals surface area contributed by atoms with Gasteiger partial charge in [-0.05, 0) is 44.7 Å². The standard InChI is InChI=1S/C21H27N3O2/c1-3-24(19-12-6-9-16-8-4-5-11-18(16)19)21(26)15(2)23-13-7-10-17(14-23)20(22)25/h4-6,8-9,11-12,15,17H,3,7,10,13-14H2,1-2H3,(H2,22,25)/t15-,17+/m1/s1. The van der Waals surface area contributed by atoms with E-state index in [4.69, 9.17) is 5.73 Å². The van der Waals surface area contributed by atoms with Crippen molar-refractivity contribution in [3.05, 3.63) is 42.5 Å². The van der Waals surface area contributed by atoms with Gasteiger partial charge in [-0.3, -0.25) is 14.5 Å². The number of primary amides is 1. The molecule has 0 radical (unpaired) electrons. The minimum Gasteiger partial charge on any atom is -0.369 e. The molecule has 0 aliphatic carbocycles. The van der Waals surface area contributed by atoms with Crippen LogP contribution in [0, 0.1) is 5.92 Å². The normalized spacial score (nSPS) is 19.2. The minimum absolute atomic E-state index is 0.0639. The Morgan fingerprint density at radius 2 is 1.96 bits per heavy atom. The predicted octanol–water partition coefficient (Wildman–Crippen LogP) is 2.78. The van der Waals surface area contributed by atoms with Crippen molar-refractivity contribution >= 4 is 28.3 Å². The number of amides is 2. The second-order valence-electron chi connectivity index (χ2n) is 6.99. The van der Waals surface area contributed by atoms with E-state index >= 15 is 0 Å². The van der Waals surface area contributed by atoms with Gasteiger partial charge in [0.1, 0.15) is 0 Å². The number of rotatable bonds is 5. The summed E-state index contributed by atoms with van der Waals surface area (Å²) in [6.45, 7) is 5.91. The quantitative estimate of drug-likeness (QED) is 0.899. The lowest BCUT2D eigenvalue weighted by Crippen LogP contribution is -2.52. The highest BCUT2D eigenvalue weighted by Crippen LogP contribution is 2.28. The average molecular weight is 353 g/mol. The van der Waals surface area contributed by atoms with Crippen molar-refractivity contribution in [3.8, 4) is 0 Å². The molecule has 0 spiro atoms. The molecule has 5 nitrogen and oxygen atoms in total. The predicted molar refractivity (Wildman–Crippen MR) is 105 cm³/mol. The summed E-state index contributed by atoms with van der Waals surface area (Å²) in [5.41, 5.74) is 6.42. The van der Waals surface area contributed by atoms with Crippen LogP contribution in [0.2, 0.25) is 0 Å². The zero-order chi connectivity index (χ0) is 18.7. The Bertz CT molecular complexity index is 799. The van der Waals surface area contributed by atoms with Gasteiger partial charge in [0.15, 0.2) is 0 Å². The number of anilines is 1. The summed E-state index contributed by atoms with van der Waals surface area (Å²) in [5, 5.41) is 2.20.